The van der Waals surface area contributed by atoms with Crippen LogP contribution >= 0.6 is 0 Å². The van der Waals surface area contributed by atoms with E-state index in [-0.39, 0.29) is 23.8 Å². The summed E-state index contributed by atoms with van der Waals surface area (Å²) in [5.41, 5.74) is 13.8. The first-order valence-corrected chi connectivity index (χ1v) is 12.9. The van der Waals surface area contributed by atoms with Crippen LogP contribution in [0, 0.1) is 5.92 Å². The second-order valence-electron chi connectivity index (χ2n) is 9.89. The predicted octanol–water partition coefficient (Wildman–Crippen LogP) is 2.62. The Bertz CT molecular complexity index is 905. The van der Waals surface area contributed by atoms with Gasteiger partial charge in [0, 0.05) is 38.5 Å². The maximum atomic E-state index is 13.6. The average molecular weight is 478 g/mol. The highest BCUT2D eigenvalue weighted by Crippen LogP contribution is 2.30. The fourth-order valence-electron chi connectivity index (χ4n) is 5.41. The minimum Gasteiger partial charge on any atom is -0.354 e. The zero-order valence-electron chi connectivity index (χ0n) is 20.5. The highest BCUT2D eigenvalue weighted by molar-refractivity contribution is 5.88. The Morgan fingerprint density at radius 2 is 1.46 bits per heavy atom. The second-order valence-corrected chi connectivity index (χ2v) is 9.89. The maximum absolute atomic E-state index is 13.6. The molecule has 0 spiro atoms. The molecule has 0 aromatic heterocycles. The van der Waals surface area contributed by atoms with E-state index in [1.807, 2.05) is 41.3 Å². The largest absolute Gasteiger partial charge is 0.354 e. The fraction of sp³-hybridized carbons (Fsp3) is 0.500. The van der Waals surface area contributed by atoms with Crippen molar-refractivity contribution in [1.82, 2.24) is 15.1 Å². The molecule has 5 N–H and O–H groups in total. The molecule has 2 aliphatic rings. The van der Waals surface area contributed by atoms with Crippen molar-refractivity contribution in [2.75, 3.05) is 26.2 Å². The summed E-state index contributed by atoms with van der Waals surface area (Å²) < 4.78 is 0. The molecule has 2 heterocycles. The number of rotatable bonds is 8. The van der Waals surface area contributed by atoms with E-state index in [0.717, 1.165) is 56.3 Å². The van der Waals surface area contributed by atoms with Gasteiger partial charge in [-0.3, -0.25) is 14.5 Å². The van der Waals surface area contributed by atoms with Crippen LogP contribution in [0.5, 0.6) is 0 Å². The fourth-order valence-corrected chi connectivity index (χ4v) is 5.41. The molecule has 2 aromatic carbocycles. The number of nitrogens with one attached hydrogen (secondary N) is 1. The molecule has 188 valence electrons. The van der Waals surface area contributed by atoms with E-state index >= 15 is 0 Å². The molecule has 0 aliphatic carbocycles. The summed E-state index contributed by atoms with van der Waals surface area (Å²) in [6, 6.07) is 20.0. The number of hydrogen-bond donors (Lipinski definition) is 3. The first-order valence-electron chi connectivity index (χ1n) is 12.9. The van der Waals surface area contributed by atoms with Crippen molar-refractivity contribution in [3.8, 4) is 0 Å². The van der Waals surface area contributed by atoms with E-state index in [0.29, 0.717) is 25.4 Å². The van der Waals surface area contributed by atoms with Crippen LogP contribution in [0.25, 0.3) is 0 Å². The van der Waals surface area contributed by atoms with Crippen LogP contribution < -0.4 is 16.8 Å². The molecule has 7 nitrogen and oxygen atoms in total. The molecule has 2 aliphatic heterocycles. The van der Waals surface area contributed by atoms with Gasteiger partial charge in [-0.1, -0.05) is 60.7 Å². The average Bonchev–Trinajstić information content (AvgIpc) is 2.91. The van der Waals surface area contributed by atoms with Crippen LogP contribution in [-0.2, 0) is 9.59 Å². The third-order valence-corrected chi connectivity index (χ3v) is 7.54. The van der Waals surface area contributed by atoms with Crippen LogP contribution in [0.2, 0.25) is 0 Å². The lowest BCUT2D eigenvalue weighted by Gasteiger charge is -2.37. The minimum absolute atomic E-state index is 0.0213. The zero-order valence-corrected chi connectivity index (χ0v) is 20.5. The van der Waals surface area contributed by atoms with Gasteiger partial charge in [-0.15, -0.1) is 0 Å². The quantitative estimate of drug-likeness (QED) is 0.507. The zero-order chi connectivity index (χ0) is 24.6. The molecule has 2 fully saturated rings. The van der Waals surface area contributed by atoms with Crippen molar-refractivity contribution in [3.63, 3.8) is 0 Å². The van der Waals surface area contributed by atoms with Crippen LogP contribution in [0.4, 0.5) is 0 Å². The molecule has 1 atom stereocenters. The van der Waals surface area contributed by atoms with Gasteiger partial charge in [-0.2, -0.15) is 0 Å². The number of nitrogens with zero attached hydrogens (tertiary/aromatic N) is 2. The standard InChI is InChI=1S/C28H39N5O2/c29-28(30)32-17-14-21(15-18-32)20-31-27(35)25-13-7-8-16-33(25)26(34)19-24(22-9-3-1-4-10-22)23-11-5-2-6-12-23/h1-6,9-12,21,24-25,28H,7-8,13-20,29-30H2,(H,31,35)/t25-/m0/s1. The van der Waals surface area contributed by atoms with E-state index in [1.165, 1.54) is 0 Å². The van der Waals surface area contributed by atoms with Gasteiger partial charge < -0.3 is 21.7 Å². The van der Waals surface area contributed by atoms with Crippen LogP contribution in [0.1, 0.15) is 55.6 Å². The summed E-state index contributed by atoms with van der Waals surface area (Å²) >= 11 is 0. The summed E-state index contributed by atoms with van der Waals surface area (Å²) in [5, 5.41) is 3.15. The molecule has 0 bridgehead atoms. The van der Waals surface area contributed by atoms with Crippen molar-refractivity contribution in [2.24, 2.45) is 17.4 Å². The van der Waals surface area contributed by atoms with Gasteiger partial charge in [-0.25, -0.2) is 0 Å². The Morgan fingerprint density at radius 1 is 0.857 bits per heavy atom. The van der Waals surface area contributed by atoms with E-state index in [1.54, 1.807) is 0 Å². The first kappa shape index (κ1) is 25.4. The smallest absolute Gasteiger partial charge is 0.242 e. The number of likely N-dealkylation sites (tertiary alicyclic amines) is 2. The van der Waals surface area contributed by atoms with Gasteiger partial charge in [0.05, 0.1) is 0 Å². The summed E-state index contributed by atoms with van der Waals surface area (Å²) in [6.07, 6.45) is 4.50. The van der Waals surface area contributed by atoms with Crippen molar-refractivity contribution in [3.05, 3.63) is 71.8 Å². The Labute approximate surface area is 208 Å². The lowest BCUT2D eigenvalue weighted by molar-refractivity contribution is -0.142. The maximum Gasteiger partial charge on any atom is 0.242 e. The molecular weight excluding hydrogens is 438 g/mol. The minimum atomic E-state index is -0.414. The second kappa shape index (κ2) is 12.3. The molecule has 7 heteroatoms. The van der Waals surface area contributed by atoms with Crippen LogP contribution in [-0.4, -0.2) is 60.1 Å². The first-order chi connectivity index (χ1) is 17.0. The summed E-state index contributed by atoms with van der Waals surface area (Å²) in [6.45, 7) is 2.99. The van der Waals surface area contributed by atoms with Gasteiger partial charge >= 0.3 is 0 Å². The van der Waals surface area contributed by atoms with Crippen LogP contribution in [0.3, 0.4) is 0 Å². The Morgan fingerprint density at radius 3 is 2.03 bits per heavy atom. The predicted molar refractivity (Wildman–Crippen MR) is 138 cm³/mol. The van der Waals surface area contributed by atoms with Gasteiger partial charge in [0.1, 0.15) is 12.3 Å². The lowest BCUT2D eigenvalue weighted by atomic mass is 9.87. The van der Waals surface area contributed by atoms with Crippen molar-refractivity contribution in [1.29, 1.82) is 0 Å². The Hall–Kier alpha value is -2.74. The third-order valence-electron chi connectivity index (χ3n) is 7.54. The third kappa shape index (κ3) is 6.69. The van der Waals surface area contributed by atoms with Crippen molar-refractivity contribution >= 4 is 11.8 Å². The van der Waals surface area contributed by atoms with E-state index < -0.39 is 6.29 Å². The number of piperidine rings is 2. The summed E-state index contributed by atoms with van der Waals surface area (Å²) in [4.78, 5) is 30.7. The molecule has 2 saturated heterocycles. The highest BCUT2D eigenvalue weighted by atomic mass is 16.2. The molecule has 0 unspecified atom stereocenters. The van der Waals surface area contributed by atoms with Gasteiger partial charge in [-0.05, 0) is 49.1 Å². The van der Waals surface area contributed by atoms with E-state index in [2.05, 4.69) is 34.5 Å². The summed E-state index contributed by atoms with van der Waals surface area (Å²) in [5.74, 6) is 0.414. The number of carbonyl (C=O) groups is 2. The monoisotopic (exact) mass is 477 g/mol. The SMILES string of the molecule is NC(N)N1CCC(CNC(=O)[C@@H]2CCCCN2C(=O)CC(c2ccccc2)c2ccccc2)CC1. The number of hydrogen-bond acceptors (Lipinski definition) is 5. The molecule has 2 amide bonds. The Balaban J connectivity index is 1.39. The van der Waals surface area contributed by atoms with E-state index in [4.69, 9.17) is 11.5 Å². The van der Waals surface area contributed by atoms with Gasteiger partial charge in [0.25, 0.3) is 0 Å². The number of benzene rings is 2. The van der Waals surface area contributed by atoms with Crippen molar-refractivity contribution < 1.29 is 9.59 Å². The summed E-state index contributed by atoms with van der Waals surface area (Å²) in [7, 11) is 0. The van der Waals surface area contributed by atoms with Crippen molar-refractivity contribution in [2.45, 2.75) is 56.8 Å². The van der Waals surface area contributed by atoms with Crippen LogP contribution in [0.15, 0.2) is 60.7 Å². The lowest BCUT2D eigenvalue weighted by Crippen LogP contribution is -2.54. The Kier molecular flexibility index (Phi) is 8.90. The molecule has 2 aromatic rings. The van der Waals surface area contributed by atoms with Gasteiger partial charge in [0.15, 0.2) is 0 Å². The normalized spacial score (nSPS) is 19.8. The molecular formula is C28H39N5O2. The van der Waals surface area contributed by atoms with Gasteiger partial charge in [0.2, 0.25) is 11.8 Å². The van der Waals surface area contributed by atoms with E-state index in [9.17, 15) is 9.59 Å². The number of amides is 2. The highest BCUT2D eigenvalue weighted by Gasteiger charge is 2.34. The number of carbonyl (C=O) groups excluding carboxylic acids is 2. The topological polar surface area (TPSA) is 105 Å². The molecule has 4 rings (SSSR count). The number of nitrogens with two attached hydrogens (primary N) is 2. The molecule has 0 radical (unpaired) electrons. The molecule has 0 saturated carbocycles. The molecule has 35 heavy (non-hydrogen) atoms.